The molecular weight excluding hydrogens is 523 g/mol. The van der Waals surface area contributed by atoms with Gasteiger partial charge in [0, 0.05) is 67.3 Å². The third-order valence-electron chi connectivity index (χ3n) is 4.83. The summed E-state index contributed by atoms with van der Waals surface area (Å²) in [5.41, 5.74) is 2.36. The lowest BCUT2D eigenvalue weighted by Gasteiger charge is -2.33. The number of hydrogen-bond donors (Lipinski definition) is 2. The molecule has 1 fully saturated rings. The van der Waals surface area contributed by atoms with E-state index in [4.69, 9.17) is 21.4 Å². The number of carbonyl (C=O) groups is 2. The number of halogens is 2. The Morgan fingerprint density at radius 2 is 2.19 bits per heavy atom. The summed E-state index contributed by atoms with van der Waals surface area (Å²) in [6.45, 7) is 4.56. The van der Waals surface area contributed by atoms with Gasteiger partial charge in [-0.05, 0) is 31.2 Å². The normalized spacial score (nSPS) is 17.6. The van der Waals surface area contributed by atoms with Crippen LogP contribution in [0, 0.1) is 12.7 Å². The number of carbonyl (C=O) groups excluding carboxylic acids is 1. The molecule has 0 bridgehead atoms. The number of hydrogen-bond acceptors (Lipinski definition) is 9. The van der Waals surface area contributed by atoms with Gasteiger partial charge >= 0.3 is 5.97 Å². The molecule has 2 N–H and O–H groups in total. The third kappa shape index (κ3) is 10.9. The SMILES string of the molecule is COC.Cc1csc(C2=NCC(C=O)=C(CN3CCO[C@H](/C=C/C(=O)O)C3)N2)n1.Fc1cccc(Cl)c1. The topological polar surface area (TPSA) is 113 Å². The van der Waals surface area contributed by atoms with Crippen LogP contribution in [0.3, 0.4) is 0 Å². The van der Waals surface area contributed by atoms with E-state index in [1.54, 1.807) is 32.4 Å². The van der Waals surface area contributed by atoms with Crippen LogP contribution >= 0.6 is 22.9 Å². The quantitative estimate of drug-likeness (QED) is 0.414. The molecule has 0 spiro atoms. The number of amidine groups is 1. The molecule has 0 radical (unpaired) electrons. The fourth-order valence-electron chi connectivity index (χ4n) is 3.22. The molecule has 0 amide bonds. The molecule has 3 heterocycles. The van der Waals surface area contributed by atoms with Crippen LogP contribution in [0.4, 0.5) is 4.39 Å². The van der Waals surface area contributed by atoms with E-state index in [1.807, 2.05) is 12.3 Å². The Morgan fingerprint density at radius 3 is 2.76 bits per heavy atom. The van der Waals surface area contributed by atoms with Crippen molar-refractivity contribution in [2.24, 2.45) is 4.99 Å². The second-order valence-electron chi connectivity index (χ2n) is 7.90. The molecule has 1 saturated heterocycles. The molecule has 1 atom stereocenters. The number of methoxy groups -OCH3 is 1. The number of rotatable bonds is 6. The third-order valence-corrected chi connectivity index (χ3v) is 6.03. The van der Waals surface area contributed by atoms with Gasteiger partial charge in [-0.25, -0.2) is 14.2 Å². The number of carboxylic acids is 1. The average Bonchev–Trinajstić information content (AvgIpc) is 3.30. The monoisotopic (exact) mass is 552 g/mol. The van der Waals surface area contributed by atoms with Gasteiger partial charge in [-0.1, -0.05) is 17.7 Å². The highest BCUT2D eigenvalue weighted by Gasteiger charge is 2.23. The number of nitrogens with one attached hydrogen (secondary N) is 1. The number of aryl methyl sites for hydroxylation is 1. The maximum atomic E-state index is 12.1. The lowest BCUT2D eigenvalue weighted by Crippen LogP contribution is -2.45. The van der Waals surface area contributed by atoms with Gasteiger partial charge in [0.25, 0.3) is 0 Å². The molecule has 2 aliphatic heterocycles. The van der Waals surface area contributed by atoms with Gasteiger partial charge < -0.3 is 19.9 Å². The van der Waals surface area contributed by atoms with Crippen LogP contribution in [-0.4, -0.2) is 86.2 Å². The zero-order valence-electron chi connectivity index (χ0n) is 20.8. The van der Waals surface area contributed by atoms with Crippen LogP contribution in [0.1, 0.15) is 10.7 Å². The van der Waals surface area contributed by atoms with Crippen LogP contribution in [0.25, 0.3) is 0 Å². The minimum Gasteiger partial charge on any atom is -0.478 e. The maximum absolute atomic E-state index is 12.1. The van der Waals surface area contributed by atoms with E-state index in [0.29, 0.717) is 49.2 Å². The van der Waals surface area contributed by atoms with Crippen molar-refractivity contribution < 1.29 is 28.6 Å². The molecule has 0 saturated carbocycles. The number of aldehydes is 1. The molecule has 0 aliphatic carbocycles. The Bertz CT molecular complexity index is 1120. The van der Waals surface area contributed by atoms with Crippen molar-refractivity contribution in [1.82, 2.24) is 15.2 Å². The first-order chi connectivity index (χ1) is 17.7. The van der Waals surface area contributed by atoms with Crippen molar-refractivity contribution in [2.45, 2.75) is 13.0 Å². The Balaban J connectivity index is 0.000000365. The largest absolute Gasteiger partial charge is 0.478 e. The number of thiazole rings is 1. The highest BCUT2D eigenvalue weighted by molar-refractivity contribution is 7.11. The number of aliphatic imine (C=N–C) groups is 1. The maximum Gasteiger partial charge on any atom is 0.328 e. The summed E-state index contributed by atoms with van der Waals surface area (Å²) in [5, 5.41) is 15.2. The van der Waals surface area contributed by atoms with Crippen molar-refractivity contribution in [1.29, 1.82) is 0 Å². The Labute approximate surface area is 224 Å². The highest BCUT2D eigenvalue weighted by Crippen LogP contribution is 2.16. The van der Waals surface area contributed by atoms with Crippen LogP contribution in [0.15, 0.2) is 58.1 Å². The molecule has 9 nitrogen and oxygen atoms in total. The minimum atomic E-state index is -0.995. The smallest absolute Gasteiger partial charge is 0.328 e. The molecule has 1 aromatic heterocycles. The molecule has 2 aromatic rings. The second kappa shape index (κ2) is 16.0. The number of benzene rings is 1. The number of nitrogens with zero attached hydrogens (tertiary/aromatic N) is 3. The van der Waals surface area contributed by atoms with Crippen molar-refractivity contribution >= 4 is 41.0 Å². The Hall–Kier alpha value is -2.96. The first kappa shape index (κ1) is 30.3. The zero-order chi connectivity index (χ0) is 27.2. The molecular formula is C25H30ClFN4O5S. The molecule has 2 aliphatic rings. The van der Waals surface area contributed by atoms with Gasteiger partial charge in [0.15, 0.2) is 10.8 Å². The molecule has 12 heteroatoms. The zero-order valence-corrected chi connectivity index (χ0v) is 22.4. The number of aromatic nitrogens is 1. The predicted octanol–water partition coefficient (Wildman–Crippen LogP) is 3.34. The van der Waals surface area contributed by atoms with E-state index in [9.17, 15) is 14.0 Å². The predicted molar refractivity (Wildman–Crippen MR) is 142 cm³/mol. The van der Waals surface area contributed by atoms with Crippen molar-refractivity contribution in [3.63, 3.8) is 0 Å². The molecule has 37 heavy (non-hydrogen) atoms. The average molecular weight is 553 g/mol. The van der Waals surface area contributed by atoms with E-state index in [1.165, 1.54) is 23.5 Å². The van der Waals surface area contributed by atoms with Gasteiger partial charge in [0.1, 0.15) is 12.1 Å². The van der Waals surface area contributed by atoms with E-state index in [2.05, 4.69) is 24.9 Å². The fourth-order valence-corrected chi connectivity index (χ4v) is 4.16. The van der Waals surface area contributed by atoms with Crippen molar-refractivity contribution in [3.8, 4) is 0 Å². The summed E-state index contributed by atoms with van der Waals surface area (Å²) in [7, 11) is 3.25. The number of morpholine rings is 1. The summed E-state index contributed by atoms with van der Waals surface area (Å²) < 4.78 is 21.9. The van der Waals surface area contributed by atoms with Crippen LogP contribution in [0.2, 0.25) is 5.02 Å². The summed E-state index contributed by atoms with van der Waals surface area (Å²) >= 11 is 6.91. The fraction of sp³-hybridized carbons (Fsp3) is 0.360. The summed E-state index contributed by atoms with van der Waals surface area (Å²) in [6.07, 6.45) is 3.19. The lowest BCUT2D eigenvalue weighted by atomic mass is 10.1. The molecule has 4 rings (SSSR count). The van der Waals surface area contributed by atoms with E-state index in [0.717, 1.165) is 28.8 Å². The van der Waals surface area contributed by atoms with Gasteiger partial charge in [-0.15, -0.1) is 11.3 Å². The standard InChI is InChI=1S/C17H20N4O4S.C6H4ClF.C2H6O/c1-11-10-26-17(19-11)16-18-6-12(9-22)14(20-16)8-21-4-5-25-13(7-21)2-3-15(23)24;7-5-2-1-3-6(8)4-5;1-3-2/h2-3,9-10,13H,4-8H2,1H3,(H,18,20)(H,23,24);1-4H;1-2H3/b3-2+;;/t13-;;/m1../s1. The summed E-state index contributed by atoms with van der Waals surface area (Å²) in [4.78, 5) is 33.0. The van der Waals surface area contributed by atoms with Gasteiger partial charge in [0.2, 0.25) is 0 Å². The van der Waals surface area contributed by atoms with Crippen LogP contribution < -0.4 is 5.32 Å². The van der Waals surface area contributed by atoms with Crippen molar-refractivity contribution in [2.75, 3.05) is 47.0 Å². The van der Waals surface area contributed by atoms with Gasteiger partial charge in [-0.2, -0.15) is 0 Å². The second-order valence-corrected chi connectivity index (χ2v) is 9.19. The Kier molecular flexibility index (Phi) is 13.1. The van der Waals surface area contributed by atoms with E-state index < -0.39 is 5.97 Å². The highest BCUT2D eigenvalue weighted by atomic mass is 35.5. The molecule has 200 valence electrons. The first-order valence-electron chi connectivity index (χ1n) is 11.2. The Morgan fingerprint density at radius 1 is 1.43 bits per heavy atom. The molecule has 0 unspecified atom stereocenters. The first-order valence-corrected chi connectivity index (χ1v) is 12.5. The molecule has 1 aromatic carbocycles. The van der Waals surface area contributed by atoms with Gasteiger partial charge in [0.05, 0.1) is 19.3 Å². The number of ether oxygens (including phenoxy) is 2. The van der Waals surface area contributed by atoms with Crippen molar-refractivity contribution in [3.05, 3.63) is 74.6 Å². The summed E-state index contributed by atoms with van der Waals surface area (Å²) in [5.74, 6) is -0.609. The lowest BCUT2D eigenvalue weighted by molar-refractivity contribution is -0.131. The van der Waals surface area contributed by atoms with Gasteiger partial charge in [-0.3, -0.25) is 14.7 Å². The minimum absolute atomic E-state index is 0.279. The van der Waals surface area contributed by atoms with Crippen LogP contribution in [-0.2, 0) is 19.1 Å². The number of aliphatic carboxylic acids is 1. The number of carboxylic acid groups (broad SMARTS) is 1. The summed E-state index contributed by atoms with van der Waals surface area (Å²) in [6, 6.07) is 5.82. The van der Waals surface area contributed by atoms with Crippen LogP contribution in [0.5, 0.6) is 0 Å². The van der Waals surface area contributed by atoms with E-state index in [-0.39, 0.29) is 11.9 Å². The van der Waals surface area contributed by atoms with E-state index >= 15 is 0 Å².